The van der Waals surface area contributed by atoms with Crippen molar-refractivity contribution in [3.63, 3.8) is 0 Å². The van der Waals surface area contributed by atoms with E-state index >= 15 is 0 Å². The van der Waals surface area contributed by atoms with Crippen LogP contribution in [-0.4, -0.2) is 24.6 Å². The van der Waals surface area contributed by atoms with Crippen molar-refractivity contribution in [2.45, 2.75) is 13.1 Å². The van der Waals surface area contributed by atoms with Crippen molar-refractivity contribution in [2.75, 3.05) is 0 Å². The molecule has 0 unspecified atom stereocenters. The Hall–Kier alpha value is -3.75. The summed E-state index contributed by atoms with van der Waals surface area (Å²) in [4.78, 5) is 13.0. The van der Waals surface area contributed by atoms with Crippen LogP contribution in [0.4, 0.5) is 13.2 Å². The molecule has 0 fully saturated rings. The van der Waals surface area contributed by atoms with Crippen molar-refractivity contribution in [3.05, 3.63) is 66.2 Å². The minimum atomic E-state index is -4.63. The lowest BCUT2D eigenvalue weighted by Crippen LogP contribution is -2.10. The van der Waals surface area contributed by atoms with Gasteiger partial charge in [0.25, 0.3) is 0 Å². The second-order valence-corrected chi connectivity index (χ2v) is 6.42. The molecule has 0 spiro atoms. The molecule has 0 aliphatic carbocycles. The molecule has 4 aromatic heterocycles. The van der Waals surface area contributed by atoms with Crippen molar-refractivity contribution >= 4 is 16.7 Å². The van der Waals surface area contributed by atoms with Crippen LogP contribution in [0.1, 0.15) is 11.4 Å². The zero-order valence-electron chi connectivity index (χ0n) is 15.0. The van der Waals surface area contributed by atoms with Crippen LogP contribution in [0.2, 0.25) is 0 Å². The van der Waals surface area contributed by atoms with E-state index in [-0.39, 0.29) is 28.2 Å². The van der Waals surface area contributed by atoms with E-state index in [1.807, 2.05) is 0 Å². The third kappa shape index (κ3) is 2.82. The number of rotatable bonds is 2. The summed E-state index contributed by atoms with van der Waals surface area (Å²) in [7, 11) is 0. The molecule has 29 heavy (non-hydrogen) atoms. The predicted molar refractivity (Wildman–Crippen MR) is 99.0 cm³/mol. The number of alkyl halides is 3. The number of furan rings is 1. The summed E-state index contributed by atoms with van der Waals surface area (Å²) in [6.07, 6.45) is -3.18. The van der Waals surface area contributed by atoms with E-state index in [4.69, 9.17) is 4.42 Å². The average molecular weight is 395 g/mol. The second kappa shape index (κ2) is 6.13. The Labute approximate surface area is 161 Å². The Morgan fingerprint density at radius 2 is 1.76 bits per heavy atom. The molecular weight excluding hydrogens is 383 g/mol. The molecule has 144 valence electrons. The van der Waals surface area contributed by atoms with Gasteiger partial charge in [0, 0.05) is 5.56 Å². The van der Waals surface area contributed by atoms with Gasteiger partial charge in [-0.25, -0.2) is 15.0 Å². The molecule has 5 aromatic rings. The van der Waals surface area contributed by atoms with Crippen molar-refractivity contribution in [1.29, 1.82) is 0 Å². The molecule has 0 saturated carbocycles. The number of benzene rings is 1. The summed E-state index contributed by atoms with van der Waals surface area (Å²) in [5.74, 6) is 0.889. The Bertz CT molecular complexity index is 1340. The molecule has 0 amide bonds. The fraction of sp³-hybridized carbons (Fsp3) is 0.100. The largest absolute Gasteiger partial charge is 0.461 e. The monoisotopic (exact) mass is 395 g/mol. The van der Waals surface area contributed by atoms with E-state index in [9.17, 15) is 13.2 Å². The lowest BCUT2D eigenvalue weighted by molar-refractivity contribution is -0.136. The molecule has 4 heterocycles. The highest BCUT2D eigenvalue weighted by molar-refractivity contribution is 5.94. The standard InChI is InChI=1S/C20H12F3N5O/c1-11-24-18-16(19-26-17(27-28(11)19)15-8-5-9-29-15)13(20(21,22)23)10-14(25-18)12-6-3-2-4-7-12/h2-10H,1H3. The van der Waals surface area contributed by atoms with Crippen LogP contribution >= 0.6 is 0 Å². The first-order valence-electron chi connectivity index (χ1n) is 8.66. The van der Waals surface area contributed by atoms with Gasteiger partial charge in [0.1, 0.15) is 5.82 Å². The van der Waals surface area contributed by atoms with Crippen LogP contribution in [0.5, 0.6) is 0 Å². The fourth-order valence-electron chi connectivity index (χ4n) is 3.22. The van der Waals surface area contributed by atoms with E-state index in [1.54, 1.807) is 49.4 Å². The van der Waals surface area contributed by atoms with Gasteiger partial charge in [0.2, 0.25) is 5.82 Å². The van der Waals surface area contributed by atoms with Crippen molar-refractivity contribution < 1.29 is 17.6 Å². The van der Waals surface area contributed by atoms with E-state index in [0.29, 0.717) is 17.1 Å². The van der Waals surface area contributed by atoms with E-state index in [2.05, 4.69) is 20.1 Å². The minimum Gasteiger partial charge on any atom is -0.461 e. The number of pyridine rings is 1. The topological polar surface area (TPSA) is 69.1 Å². The van der Waals surface area contributed by atoms with Gasteiger partial charge in [-0.15, -0.1) is 5.10 Å². The first-order valence-corrected chi connectivity index (χ1v) is 8.66. The van der Waals surface area contributed by atoms with Crippen LogP contribution in [-0.2, 0) is 6.18 Å². The predicted octanol–water partition coefficient (Wildman–Crippen LogP) is 4.93. The van der Waals surface area contributed by atoms with Crippen LogP contribution in [0, 0.1) is 6.92 Å². The summed E-state index contributed by atoms with van der Waals surface area (Å²) in [6, 6.07) is 13.0. The van der Waals surface area contributed by atoms with Crippen molar-refractivity contribution in [3.8, 4) is 22.8 Å². The summed E-state index contributed by atoms with van der Waals surface area (Å²) >= 11 is 0. The Morgan fingerprint density at radius 3 is 2.45 bits per heavy atom. The highest BCUT2D eigenvalue weighted by Gasteiger charge is 2.36. The third-order valence-corrected chi connectivity index (χ3v) is 4.52. The lowest BCUT2D eigenvalue weighted by atomic mass is 10.1. The molecule has 1 aromatic carbocycles. The number of nitrogens with zero attached hydrogens (tertiary/aromatic N) is 5. The lowest BCUT2D eigenvalue weighted by Gasteiger charge is -2.13. The Kier molecular flexibility index (Phi) is 3.67. The van der Waals surface area contributed by atoms with E-state index < -0.39 is 11.7 Å². The van der Waals surface area contributed by atoms with Crippen LogP contribution in [0.3, 0.4) is 0 Å². The summed E-state index contributed by atoms with van der Waals surface area (Å²) < 4.78 is 48.5. The minimum absolute atomic E-state index is 0.0262. The molecule has 0 saturated heterocycles. The number of aryl methyl sites for hydroxylation is 1. The zero-order valence-corrected chi connectivity index (χ0v) is 15.0. The van der Waals surface area contributed by atoms with Gasteiger partial charge in [-0.2, -0.15) is 17.7 Å². The van der Waals surface area contributed by atoms with Crippen molar-refractivity contribution in [1.82, 2.24) is 24.6 Å². The van der Waals surface area contributed by atoms with Gasteiger partial charge in [0.05, 0.1) is 22.9 Å². The number of hydrogen-bond donors (Lipinski definition) is 0. The molecule has 0 aliphatic rings. The Morgan fingerprint density at radius 1 is 0.966 bits per heavy atom. The van der Waals surface area contributed by atoms with Crippen LogP contribution in [0.15, 0.2) is 59.2 Å². The molecule has 6 nitrogen and oxygen atoms in total. The summed E-state index contributed by atoms with van der Waals surface area (Å²) in [5.41, 5.74) is -0.123. The highest BCUT2D eigenvalue weighted by atomic mass is 19.4. The molecule has 0 bridgehead atoms. The zero-order chi connectivity index (χ0) is 20.2. The summed E-state index contributed by atoms with van der Waals surface area (Å²) in [6.45, 7) is 1.64. The highest BCUT2D eigenvalue weighted by Crippen LogP contribution is 2.38. The first-order chi connectivity index (χ1) is 13.9. The Balaban J connectivity index is 1.88. The molecular formula is C20H12F3N5O. The van der Waals surface area contributed by atoms with Gasteiger partial charge >= 0.3 is 6.18 Å². The maximum absolute atomic E-state index is 14.0. The van der Waals surface area contributed by atoms with Crippen molar-refractivity contribution in [2.24, 2.45) is 0 Å². The third-order valence-electron chi connectivity index (χ3n) is 4.52. The van der Waals surface area contributed by atoms with Gasteiger partial charge in [-0.3, -0.25) is 0 Å². The fourth-order valence-corrected chi connectivity index (χ4v) is 3.22. The number of halogens is 3. The number of aromatic nitrogens is 5. The molecule has 0 N–H and O–H groups in total. The number of hydrogen-bond acceptors (Lipinski definition) is 5. The molecule has 5 rings (SSSR count). The second-order valence-electron chi connectivity index (χ2n) is 6.42. The van der Waals surface area contributed by atoms with Gasteiger partial charge in [-0.1, -0.05) is 30.3 Å². The van der Waals surface area contributed by atoms with E-state index in [1.165, 1.54) is 10.8 Å². The normalized spacial score (nSPS) is 12.1. The molecule has 0 atom stereocenters. The molecule has 0 radical (unpaired) electrons. The van der Waals surface area contributed by atoms with Crippen LogP contribution in [0.25, 0.3) is 39.5 Å². The summed E-state index contributed by atoms with van der Waals surface area (Å²) in [5, 5.41) is 4.06. The molecule has 0 aliphatic heterocycles. The molecule has 9 heteroatoms. The maximum atomic E-state index is 14.0. The first kappa shape index (κ1) is 17.4. The SMILES string of the molecule is Cc1nc2nc(-c3ccccc3)cc(C(F)(F)F)c2c2nc(-c3ccco3)nn12. The average Bonchev–Trinajstić information content (AvgIpc) is 3.37. The van der Waals surface area contributed by atoms with Gasteiger partial charge in [-0.05, 0) is 25.1 Å². The van der Waals surface area contributed by atoms with Crippen LogP contribution < -0.4 is 0 Å². The number of fused-ring (bicyclic) bond motifs is 3. The smallest absolute Gasteiger partial charge is 0.417 e. The quantitative estimate of drug-likeness (QED) is 0.424. The van der Waals surface area contributed by atoms with Gasteiger partial charge in [0.15, 0.2) is 17.1 Å². The van der Waals surface area contributed by atoms with E-state index in [0.717, 1.165) is 6.07 Å². The van der Waals surface area contributed by atoms with Gasteiger partial charge < -0.3 is 4.42 Å². The maximum Gasteiger partial charge on any atom is 0.417 e.